The number of anilines is 1. The Morgan fingerprint density at radius 3 is 2.38 bits per heavy atom. The number of ether oxygens (including phenoxy) is 1. The first-order chi connectivity index (χ1) is 15.7. The Morgan fingerprint density at radius 2 is 1.62 bits per heavy atom. The molecule has 1 atom stereocenters. The molecule has 2 aliphatic rings. The van der Waals surface area contributed by atoms with Gasteiger partial charge in [0.05, 0.1) is 12.1 Å². The average molecular weight is 429 g/mol. The van der Waals surface area contributed by atoms with Crippen LogP contribution in [0.2, 0.25) is 0 Å². The standard InChI is InChI=1S/C26H28N4O2/c31-24-19-32-26(20-30(24)23-10-5-2-6-11-23)12-7-14-29(15-13-26)18-21-16-27-25(28-17-21)22-8-3-1-4-9-22/h1-6,8-11,16-17H,7,12-15,18-20H2. The molecule has 0 bridgehead atoms. The van der Waals surface area contributed by atoms with Crippen molar-refractivity contribution in [3.63, 3.8) is 0 Å². The summed E-state index contributed by atoms with van der Waals surface area (Å²) in [5, 5.41) is 0. The van der Waals surface area contributed by atoms with Gasteiger partial charge < -0.3 is 9.64 Å². The molecule has 2 saturated heterocycles. The molecule has 0 N–H and O–H groups in total. The van der Waals surface area contributed by atoms with Gasteiger partial charge in [0.25, 0.3) is 5.91 Å². The maximum absolute atomic E-state index is 12.5. The lowest BCUT2D eigenvalue weighted by molar-refractivity contribution is -0.140. The normalized spacial score (nSPS) is 22.1. The molecule has 0 saturated carbocycles. The van der Waals surface area contributed by atoms with Crippen LogP contribution >= 0.6 is 0 Å². The zero-order valence-corrected chi connectivity index (χ0v) is 18.2. The summed E-state index contributed by atoms with van der Waals surface area (Å²) in [7, 11) is 0. The minimum atomic E-state index is -0.272. The van der Waals surface area contributed by atoms with E-state index in [9.17, 15) is 4.79 Å². The summed E-state index contributed by atoms with van der Waals surface area (Å²) in [5.41, 5.74) is 2.83. The van der Waals surface area contributed by atoms with E-state index in [0.29, 0.717) is 6.54 Å². The van der Waals surface area contributed by atoms with Crippen molar-refractivity contribution in [2.45, 2.75) is 31.4 Å². The highest BCUT2D eigenvalue weighted by atomic mass is 16.5. The first kappa shape index (κ1) is 20.8. The van der Waals surface area contributed by atoms with E-state index in [0.717, 1.165) is 61.5 Å². The largest absolute Gasteiger partial charge is 0.363 e. The third kappa shape index (κ3) is 4.56. The maximum atomic E-state index is 12.5. The van der Waals surface area contributed by atoms with E-state index in [2.05, 4.69) is 14.9 Å². The number of benzene rings is 2. The molecule has 1 unspecified atom stereocenters. The number of likely N-dealkylation sites (tertiary alicyclic amines) is 1. The highest BCUT2D eigenvalue weighted by Gasteiger charge is 2.41. The van der Waals surface area contributed by atoms with Gasteiger partial charge in [-0.2, -0.15) is 0 Å². The van der Waals surface area contributed by atoms with Crippen LogP contribution in [0.3, 0.4) is 0 Å². The van der Waals surface area contributed by atoms with E-state index >= 15 is 0 Å². The molecule has 1 aromatic heterocycles. The molecule has 2 fully saturated rings. The first-order valence-corrected chi connectivity index (χ1v) is 11.3. The third-order valence-electron chi connectivity index (χ3n) is 6.45. The van der Waals surface area contributed by atoms with Crippen LogP contribution < -0.4 is 4.90 Å². The quantitative estimate of drug-likeness (QED) is 0.630. The molecule has 6 heteroatoms. The lowest BCUT2D eigenvalue weighted by Crippen LogP contribution is -2.55. The second kappa shape index (κ2) is 9.18. The van der Waals surface area contributed by atoms with E-state index in [1.54, 1.807) is 0 Å². The van der Waals surface area contributed by atoms with Crippen LogP contribution in [0.1, 0.15) is 24.8 Å². The van der Waals surface area contributed by atoms with Crippen LogP contribution in [-0.4, -0.2) is 52.6 Å². The van der Waals surface area contributed by atoms with Crippen molar-refractivity contribution < 1.29 is 9.53 Å². The molecule has 1 spiro atoms. The Kier molecular flexibility index (Phi) is 5.97. The highest BCUT2D eigenvalue weighted by Crippen LogP contribution is 2.33. The number of para-hydroxylation sites is 1. The van der Waals surface area contributed by atoms with Gasteiger partial charge in [-0.3, -0.25) is 9.69 Å². The van der Waals surface area contributed by atoms with Gasteiger partial charge in [-0.1, -0.05) is 48.5 Å². The Morgan fingerprint density at radius 1 is 0.906 bits per heavy atom. The molecule has 32 heavy (non-hydrogen) atoms. The van der Waals surface area contributed by atoms with Crippen LogP contribution in [0.4, 0.5) is 5.69 Å². The van der Waals surface area contributed by atoms with Gasteiger partial charge in [0.1, 0.15) is 6.61 Å². The molecule has 0 aliphatic carbocycles. The number of amides is 1. The summed E-state index contributed by atoms with van der Waals surface area (Å²) in [4.78, 5) is 26.0. The number of carbonyl (C=O) groups excluding carboxylic acids is 1. The van der Waals surface area contributed by atoms with Gasteiger partial charge in [-0.25, -0.2) is 9.97 Å². The van der Waals surface area contributed by atoms with E-state index < -0.39 is 0 Å². The van der Waals surface area contributed by atoms with Gasteiger partial charge in [0.2, 0.25) is 0 Å². The Bertz CT molecular complexity index is 1040. The highest BCUT2D eigenvalue weighted by molar-refractivity contribution is 5.95. The van der Waals surface area contributed by atoms with E-state index in [1.807, 2.05) is 78.0 Å². The van der Waals surface area contributed by atoms with Gasteiger partial charge >= 0.3 is 0 Å². The fraction of sp³-hybridized carbons (Fsp3) is 0.346. The zero-order chi connectivity index (χ0) is 21.8. The molecule has 6 nitrogen and oxygen atoms in total. The third-order valence-corrected chi connectivity index (χ3v) is 6.45. The molecule has 3 aromatic rings. The van der Waals surface area contributed by atoms with Crippen molar-refractivity contribution in [2.75, 3.05) is 31.1 Å². The van der Waals surface area contributed by atoms with E-state index in [-0.39, 0.29) is 18.1 Å². The molecular formula is C26H28N4O2. The molecule has 2 aliphatic heterocycles. The Hall–Kier alpha value is -3.09. The zero-order valence-electron chi connectivity index (χ0n) is 18.2. The van der Waals surface area contributed by atoms with Crippen molar-refractivity contribution in [3.8, 4) is 11.4 Å². The predicted octanol–water partition coefficient (Wildman–Crippen LogP) is 3.93. The first-order valence-electron chi connectivity index (χ1n) is 11.3. The lowest BCUT2D eigenvalue weighted by Gasteiger charge is -2.42. The van der Waals surface area contributed by atoms with Crippen molar-refractivity contribution in [2.24, 2.45) is 0 Å². The minimum absolute atomic E-state index is 0.0404. The van der Waals surface area contributed by atoms with Gasteiger partial charge in [0, 0.05) is 42.3 Å². The predicted molar refractivity (Wildman–Crippen MR) is 124 cm³/mol. The summed E-state index contributed by atoms with van der Waals surface area (Å²) in [6, 6.07) is 20.0. The SMILES string of the molecule is O=C1COC2(CCCN(Cc3cnc(-c4ccccc4)nc3)CC2)CN1c1ccccc1. The number of hydrogen-bond acceptors (Lipinski definition) is 5. The topological polar surface area (TPSA) is 58.6 Å². The number of morpholine rings is 1. The molecule has 164 valence electrons. The smallest absolute Gasteiger partial charge is 0.253 e. The second-order valence-electron chi connectivity index (χ2n) is 8.70. The van der Waals surface area contributed by atoms with Crippen LogP contribution in [0, 0.1) is 0 Å². The summed E-state index contributed by atoms with van der Waals surface area (Å²) in [5.74, 6) is 0.795. The molecule has 1 amide bonds. The monoisotopic (exact) mass is 428 g/mol. The number of carbonyl (C=O) groups is 1. The van der Waals surface area contributed by atoms with Crippen molar-refractivity contribution in [3.05, 3.63) is 78.6 Å². The average Bonchev–Trinajstić information content (AvgIpc) is 3.04. The lowest BCUT2D eigenvalue weighted by atomic mass is 9.92. The fourth-order valence-corrected chi connectivity index (χ4v) is 4.67. The van der Waals surface area contributed by atoms with Crippen molar-refractivity contribution >= 4 is 11.6 Å². The van der Waals surface area contributed by atoms with Crippen LogP contribution in [0.5, 0.6) is 0 Å². The van der Waals surface area contributed by atoms with E-state index in [1.165, 1.54) is 0 Å². The number of hydrogen-bond donors (Lipinski definition) is 0. The Labute approximate surface area is 188 Å². The summed E-state index contributed by atoms with van der Waals surface area (Å²) < 4.78 is 6.17. The Balaban J connectivity index is 1.23. The van der Waals surface area contributed by atoms with Crippen LogP contribution in [0.25, 0.3) is 11.4 Å². The van der Waals surface area contributed by atoms with Crippen molar-refractivity contribution in [1.29, 1.82) is 0 Å². The number of aromatic nitrogens is 2. The van der Waals surface area contributed by atoms with Gasteiger partial charge in [-0.05, 0) is 37.9 Å². The number of nitrogens with zero attached hydrogens (tertiary/aromatic N) is 4. The van der Waals surface area contributed by atoms with Crippen molar-refractivity contribution in [1.82, 2.24) is 14.9 Å². The van der Waals surface area contributed by atoms with E-state index in [4.69, 9.17) is 4.74 Å². The fourth-order valence-electron chi connectivity index (χ4n) is 4.67. The summed E-state index contributed by atoms with van der Waals surface area (Å²) in [6.45, 7) is 3.54. The summed E-state index contributed by atoms with van der Waals surface area (Å²) in [6.07, 6.45) is 6.78. The van der Waals surface area contributed by atoms with Gasteiger partial charge in [-0.15, -0.1) is 0 Å². The second-order valence-corrected chi connectivity index (χ2v) is 8.70. The van der Waals surface area contributed by atoms with Crippen LogP contribution in [-0.2, 0) is 16.1 Å². The maximum Gasteiger partial charge on any atom is 0.253 e. The number of rotatable bonds is 4. The summed E-state index contributed by atoms with van der Waals surface area (Å²) >= 11 is 0. The van der Waals surface area contributed by atoms with Crippen LogP contribution in [0.15, 0.2) is 73.1 Å². The molecule has 0 radical (unpaired) electrons. The van der Waals surface area contributed by atoms with Gasteiger partial charge in [0.15, 0.2) is 5.82 Å². The molecule has 3 heterocycles. The molecular weight excluding hydrogens is 400 g/mol. The minimum Gasteiger partial charge on any atom is -0.363 e. The molecule has 2 aromatic carbocycles. The molecule has 5 rings (SSSR count).